The Hall–Kier alpha value is -2.98. The van der Waals surface area contributed by atoms with Crippen molar-refractivity contribution in [3.05, 3.63) is 59.4 Å². The maximum Gasteiger partial charge on any atom is 0.320 e. The average Bonchev–Trinajstić information content (AvgIpc) is 3.44. The predicted molar refractivity (Wildman–Crippen MR) is 123 cm³/mol. The SMILES string of the molecule is CS(=O)(=O)c1cc(Cl)ccc1-c1ccc(C2CN(C(=O)N3CC[C@@H](n4ncnn4)C3)C2)cc1. The quantitative estimate of drug-likeness (QED) is 0.562. The van der Waals surface area contributed by atoms with Crippen molar-refractivity contribution in [3.8, 4) is 11.1 Å². The van der Waals surface area contributed by atoms with Gasteiger partial charge in [-0.1, -0.05) is 41.9 Å². The molecule has 2 aliphatic rings. The van der Waals surface area contributed by atoms with Crippen LogP contribution in [-0.2, 0) is 9.84 Å². The van der Waals surface area contributed by atoms with Crippen LogP contribution in [0.1, 0.15) is 23.9 Å². The largest absolute Gasteiger partial charge is 0.323 e. The van der Waals surface area contributed by atoms with Crippen LogP contribution >= 0.6 is 11.6 Å². The molecule has 2 aromatic carbocycles. The van der Waals surface area contributed by atoms with Crippen molar-refractivity contribution in [2.75, 3.05) is 32.4 Å². The number of amides is 2. The standard InChI is InChI=1S/C22H23ClN6O3S/c1-33(31,32)21-10-18(23)6-7-20(21)16-4-2-15(3-5-16)17-11-28(12-17)22(30)27-9-8-19(13-27)29-25-14-24-26-29/h2-7,10,14,17,19H,8-9,11-13H2,1H3/t19-/m1/s1. The Morgan fingerprint density at radius 1 is 1.06 bits per heavy atom. The molecule has 0 radical (unpaired) electrons. The Morgan fingerprint density at radius 3 is 2.48 bits per heavy atom. The zero-order valence-electron chi connectivity index (χ0n) is 18.0. The lowest BCUT2D eigenvalue weighted by molar-refractivity contribution is 0.120. The molecule has 33 heavy (non-hydrogen) atoms. The summed E-state index contributed by atoms with van der Waals surface area (Å²) in [5.74, 6) is 0.262. The minimum Gasteiger partial charge on any atom is -0.323 e. The van der Waals surface area contributed by atoms with Gasteiger partial charge in [-0.15, -0.1) is 10.2 Å². The lowest BCUT2D eigenvalue weighted by atomic mass is 9.90. The Morgan fingerprint density at radius 2 is 1.82 bits per heavy atom. The second kappa shape index (κ2) is 8.42. The van der Waals surface area contributed by atoms with Crippen molar-refractivity contribution in [1.29, 1.82) is 0 Å². The summed E-state index contributed by atoms with van der Waals surface area (Å²) in [7, 11) is -3.41. The van der Waals surface area contributed by atoms with Gasteiger partial charge in [-0.05, 0) is 34.9 Å². The second-order valence-electron chi connectivity index (χ2n) is 8.56. The van der Waals surface area contributed by atoms with Crippen LogP contribution in [-0.4, -0.2) is 76.9 Å². The number of carbonyl (C=O) groups is 1. The van der Waals surface area contributed by atoms with Crippen LogP contribution in [0.2, 0.25) is 5.02 Å². The van der Waals surface area contributed by atoms with Gasteiger partial charge in [-0.3, -0.25) is 0 Å². The van der Waals surface area contributed by atoms with Gasteiger partial charge in [0.1, 0.15) is 0 Å². The molecule has 172 valence electrons. The zero-order valence-corrected chi connectivity index (χ0v) is 19.6. The van der Waals surface area contributed by atoms with E-state index >= 15 is 0 Å². The first kappa shape index (κ1) is 21.8. The van der Waals surface area contributed by atoms with Gasteiger partial charge in [0, 0.05) is 48.9 Å². The second-order valence-corrected chi connectivity index (χ2v) is 11.0. The highest BCUT2D eigenvalue weighted by molar-refractivity contribution is 7.90. The Labute approximate surface area is 196 Å². The number of hydrogen-bond donors (Lipinski definition) is 0. The molecule has 5 rings (SSSR count). The van der Waals surface area contributed by atoms with E-state index in [0.717, 1.165) is 17.5 Å². The van der Waals surface area contributed by atoms with E-state index in [-0.39, 0.29) is 22.9 Å². The number of urea groups is 1. The van der Waals surface area contributed by atoms with Crippen molar-refractivity contribution in [2.45, 2.75) is 23.3 Å². The Balaban J connectivity index is 1.22. The van der Waals surface area contributed by atoms with E-state index in [2.05, 4.69) is 15.4 Å². The highest BCUT2D eigenvalue weighted by Gasteiger charge is 2.37. The average molecular weight is 487 g/mol. The molecular formula is C22H23ClN6O3S. The molecule has 1 atom stereocenters. The smallest absolute Gasteiger partial charge is 0.320 e. The molecule has 3 aromatic rings. The molecule has 3 heterocycles. The highest BCUT2D eigenvalue weighted by atomic mass is 35.5. The van der Waals surface area contributed by atoms with E-state index in [1.165, 1.54) is 18.6 Å². The summed E-state index contributed by atoms with van der Waals surface area (Å²) in [6, 6.07) is 12.9. The summed E-state index contributed by atoms with van der Waals surface area (Å²) in [5, 5.41) is 12.1. The van der Waals surface area contributed by atoms with Gasteiger partial charge in [0.15, 0.2) is 16.2 Å². The molecule has 0 unspecified atom stereocenters. The molecule has 0 saturated carbocycles. The molecule has 2 saturated heterocycles. The van der Waals surface area contributed by atoms with Crippen LogP contribution in [0, 0.1) is 0 Å². The van der Waals surface area contributed by atoms with Crippen molar-refractivity contribution < 1.29 is 13.2 Å². The van der Waals surface area contributed by atoms with E-state index in [9.17, 15) is 13.2 Å². The first-order chi connectivity index (χ1) is 15.8. The number of halogens is 1. The fourth-order valence-electron chi connectivity index (χ4n) is 4.47. The van der Waals surface area contributed by atoms with E-state index in [4.69, 9.17) is 11.6 Å². The van der Waals surface area contributed by atoms with Crippen molar-refractivity contribution in [2.24, 2.45) is 0 Å². The molecule has 9 nitrogen and oxygen atoms in total. The fraction of sp³-hybridized carbons (Fsp3) is 0.364. The topological polar surface area (TPSA) is 101 Å². The normalized spacial score (nSPS) is 19.0. The highest BCUT2D eigenvalue weighted by Crippen LogP contribution is 2.33. The van der Waals surface area contributed by atoms with Gasteiger partial charge in [0.25, 0.3) is 0 Å². The lowest BCUT2D eigenvalue weighted by Crippen LogP contribution is -2.53. The summed E-state index contributed by atoms with van der Waals surface area (Å²) in [6.45, 7) is 2.60. The van der Waals surface area contributed by atoms with Crippen LogP contribution in [0.5, 0.6) is 0 Å². The molecule has 2 amide bonds. The number of benzene rings is 2. The third kappa shape index (κ3) is 4.32. The molecule has 1 aromatic heterocycles. The fourth-order valence-corrected chi connectivity index (χ4v) is 5.63. The maximum absolute atomic E-state index is 12.8. The maximum atomic E-state index is 12.8. The van der Waals surface area contributed by atoms with Crippen LogP contribution in [0.3, 0.4) is 0 Å². The molecular weight excluding hydrogens is 464 g/mol. The Bertz CT molecular complexity index is 1270. The molecule has 2 aliphatic heterocycles. The molecule has 0 spiro atoms. The number of hydrogen-bond acceptors (Lipinski definition) is 6. The summed E-state index contributed by atoms with van der Waals surface area (Å²) < 4.78 is 24.4. The predicted octanol–water partition coefficient (Wildman–Crippen LogP) is 2.86. The van der Waals surface area contributed by atoms with Gasteiger partial charge >= 0.3 is 6.03 Å². The first-order valence-electron chi connectivity index (χ1n) is 10.7. The molecule has 11 heteroatoms. The lowest BCUT2D eigenvalue weighted by Gasteiger charge is -2.41. The van der Waals surface area contributed by atoms with Crippen LogP contribution in [0.4, 0.5) is 4.79 Å². The molecule has 0 aliphatic carbocycles. The number of likely N-dealkylation sites (tertiary alicyclic amines) is 2. The van der Waals surface area contributed by atoms with E-state index in [0.29, 0.717) is 36.8 Å². The Kier molecular flexibility index (Phi) is 5.57. The van der Waals surface area contributed by atoms with Crippen LogP contribution < -0.4 is 0 Å². The van der Waals surface area contributed by atoms with Crippen LogP contribution in [0.25, 0.3) is 11.1 Å². The van der Waals surface area contributed by atoms with Gasteiger partial charge in [0.05, 0.1) is 10.9 Å². The van der Waals surface area contributed by atoms with Gasteiger partial charge in [0.2, 0.25) is 0 Å². The van der Waals surface area contributed by atoms with Crippen molar-refractivity contribution in [3.63, 3.8) is 0 Å². The van der Waals surface area contributed by atoms with Crippen molar-refractivity contribution >= 4 is 27.5 Å². The summed E-state index contributed by atoms with van der Waals surface area (Å²) in [6.07, 6.45) is 3.41. The third-order valence-corrected chi connectivity index (χ3v) is 7.69. The molecule has 2 fully saturated rings. The number of nitrogens with zero attached hydrogens (tertiary/aromatic N) is 6. The van der Waals surface area contributed by atoms with E-state index in [1.807, 2.05) is 34.1 Å². The van der Waals surface area contributed by atoms with E-state index < -0.39 is 9.84 Å². The van der Waals surface area contributed by atoms with Crippen molar-refractivity contribution in [1.82, 2.24) is 30.0 Å². The van der Waals surface area contributed by atoms with Gasteiger partial charge in [-0.2, -0.15) is 4.80 Å². The summed E-state index contributed by atoms with van der Waals surface area (Å²) in [5.41, 5.74) is 2.57. The third-order valence-electron chi connectivity index (χ3n) is 6.31. The number of sulfone groups is 1. The summed E-state index contributed by atoms with van der Waals surface area (Å²) in [4.78, 5) is 18.3. The number of rotatable bonds is 4. The monoisotopic (exact) mass is 486 g/mol. The number of aromatic nitrogens is 4. The van der Waals surface area contributed by atoms with Gasteiger partial charge in [-0.25, -0.2) is 13.2 Å². The molecule has 0 N–H and O–H groups in total. The van der Waals surface area contributed by atoms with Crippen LogP contribution in [0.15, 0.2) is 53.7 Å². The zero-order chi connectivity index (χ0) is 23.2. The van der Waals surface area contributed by atoms with E-state index in [1.54, 1.807) is 16.9 Å². The minimum absolute atomic E-state index is 0.0458. The number of tetrazole rings is 1. The summed E-state index contributed by atoms with van der Waals surface area (Å²) >= 11 is 6.01. The first-order valence-corrected chi connectivity index (χ1v) is 12.9. The minimum atomic E-state index is -3.41. The molecule has 0 bridgehead atoms. The number of carbonyl (C=O) groups excluding carboxylic acids is 1. The van der Waals surface area contributed by atoms with Gasteiger partial charge < -0.3 is 9.80 Å².